The number of aromatic hydroxyl groups is 1. The second-order valence-electron chi connectivity index (χ2n) is 6.28. The minimum absolute atomic E-state index is 0.0164. The molecule has 148 valence electrons. The summed E-state index contributed by atoms with van der Waals surface area (Å²) in [6.45, 7) is 0.295. The lowest BCUT2D eigenvalue weighted by atomic mass is 10.2. The lowest BCUT2D eigenvalue weighted by Crippen LogP contribution is -2.23. The summed E-state index contributed by atoms with van der Waals surface area (Å²) < 4.78 is 0. The molecule has 0 radical (unpaired) electrons. The molecule has 0 saturated carbocycles. The minimum atomic E-state index is -0.0479. The van der Waals surface area contributed by atoms with Gasteiger partial charge in [-0.2, -0.15) is 4.98 Å². The number of anilines is 3. The van der Waals surface area contributed by atoms with Gasteiger partial charge in [-0.3, -0.25) is 0 Å². The Kier molecular flexibility index (Phi) is 5.48. The molecule has 1 aliphatic rings. The molecule has 0 bridgehead atoms. The number of nitrogens with zero attached hydrogens (tertiary/aromatic N) is 4. The molecule has 0 spiro atoms. The molecule has 29 heavy (non-hydrogen) atoms. The van der Waals surface area contributed by atoms with Gasteiger partial charge in [0.15, 0.2) is 5.13 Å². The molecule has 2 aromatic carbocycles. The Morgan fingerprint density at radius 3 is 2.90 bits per heavy atom. The minimum Gasteiger partial charge on any atom is -0.492 e. The van der Waals surface area contributed by atoms with E-state index < -0.39 is 0 Å². The molecule has 0 saturated heterocycles. The van der Waals surface area contributed by atoms with Crippen LogP contribution in [0.2, 0.25) is 5.02 Å². The van der Waals surface area contributed by atoms with Crippen LogP contribution >= 0.6 is 22.9 Å². The quantitative estimate of drug-likeness (QED) is 0.581. The maximum Gasteiger partial charge on any atom is 0.231 e. The molecule has 0 unspecified atom stereocenters. The van der Waals surface area contributed by atoms with E-state index in [4.69, 9.17) is 16.7 Å². The third-order valence-corrected chi connectivity index (χ3v) is 5.52. The van der Waals surface area contributed by atoms with E-state index in [9.17, 15) is 5.11 Å². The average molecular weight is 428 g/mol. The third-order valence-electron chi connectivity index (χ3n) is 4.28. The molecule has 0 atom stereocenters. The fourth-order valence-corrected chi connectivity index (χ4v) is 3.89. The first-order valence-corrected chi connectivity index (χ1v) is 10.1. The summed E-state index contributed by atoms with van der Waals surface area (Å²) in [7, 11) is 1.88. The summed E-state index contributed by atoms with van der Waals surface area (Å²) >= 11 is 7.50. The third kappa shape index (κ3) is 4.09. The van der Waals surface area contributed by atoms with Crippen LogP contribution in [0.5, 0.6) is 5.88 Å². The van der Waals surface area contributed by atoms with Gasteiger partial charge in [0.1, 0.15) is 0 Å². The Morgan fingerprint density at radius 2 is 2.10 bits per heavy atom. The molecule has 9 heteroatoms. The van der Waals surface area contributed by atoms with Crippen molar-refractivity contribution in [1.29, 1.82) is 0 Å². The Hall–Kier alpha value is -2.94. The highest BCUT2D eigenvalue weighted by Crippen LogP contribution is 2.32. The van der Waals surface area contributed by atoms with Gasteiger partial charge < -0.3 is 20.4 Å². The van der Waals surface area contributed by atoms with Gasteiger partial charge >= 0.3 is 0 Å². The molecular formula is C20H18ClN5O2S. The van der Waals surface area contributed by atoms with Crippen molar-refractivity contribution >= 4 is 51.5 Å². The summed E-state index contributed by atoms with van der Waals surface area (Å²) in [5.74, 6) is 0.520. The molecule has 0 fully saturated rings. The van der Waals surface area contributed by atoms with Crippen molar-refractivity contribution < 1.29 is 10.2 Å². The zero-order chi connectivity index (χ0) is 20.4. The Bertz CT molecular complexity index is 1210. The lowest BCUT2D eigenvalue weighted by molar-refractivity contribution is 0.307. The average Bonchev–Trinajstić information content (AvgIpc) is 3.21. The van der Waals surface area contributed by atoms with Gasteiger partial charge in [0, 0.05) is 7.05 Å². The SMILES string of the molecule is CN1C(=NCCO)N=c2cc/c(=C\c3sc(Nc4ccccc4Cl)nc3O)cc21. The standard InChI is InChI=1S/C20H18ClN5O2S/c1-26-16-10-12(6-7-15(16)23-19(26)22-8-9-27)11-17-18(28)25-20(29-17)24-14-5-3-2-4-13(14)21/h2-7,10-11,27-28H,8-9H2,1H3,(H,24,25)/b12-11+,22-19?. The smallest absolute Gasteiger partial charge is 0.231 e. The van der Waals surface area contributed by atoms with Crippen LogP contribution in [0.4, 0.5) is 16.5 Å². The molecule has 1 aliphatic heterocycles. The summed E-state index contributed by atoms with van der Waals surface area (Å²) in [6, 6.07) is 13.2. The maximum absolute atomic E-state index is 10.2. The number of hydrogen-bond acceptors (Lipinski definition) is 6. The molecule has 7 nitrogen and oxygen atoms in total. The van der Waals surface area contributed by atoms with Gasteiger partial charge in [0.2, 0.25) is 11.8 Å². The highest BCUT2D eigenvalue weighted by Gasteiger charge is 2.17. The van der Waals surface area contributed by atoms with Crippen LogP contribution < -0.4 is 20.8 Å². The molecule has 1 aromatic heterocycles. The van der Waals surface area contributed by atoms with E-state index >= 15 is 0 Å². The highest BCUT2D eigenvalue weighted by atomic mass is 35.5. The van der Waals surface area contributed by atoms with Gasteiger partial charge in [-0.15, -0.1) is 0 Å². The summed E-state index contributed by atoms with van der Waals surface area (Å²) in [6.07, 6.45) is 1.86. The van der Waals surface area contributed by atoms with E-state index in [2.05, 4.69) is 20.3 Å². The maximum atomic E-state index is 10.2. The van der Waals surface area contributed by atoms with Crippen molar-refractivity contribution in [2.75, 3.05) is 30.4 Å². The summed E-state index contributed by atoms with van der Waals surface area (Å²) in [4.78, 5) is 15.4. The van der Waals surface area contributed by atoms with Crippen LogP contribution in [0, 0.1) is 0 Å². The Labute approximate surface area is 176 Å². The van der Waals surface area contributed by atoms with Crippen LogP contribution in [0.25, 0.3) is 6.08 Å². The number of rotatable bonds is 5. The van der Waals surface area contributed by atoms with Crippen LogP contribution in [0.3, 0.4) is 0 Å². The number of para-hydroxylation sites is 1. The van der Waals surface area contributed by atoms with Crippen molar-refractivity contribution in [2.24, 2.45) is 9.98 Å². The molecule has 3 aromatic rings. The van der Waals surface area contributed by atoms with Crippen molar-refractivity contribution in [1.82, 2.24) is 4.98 Å². The molecule has 2 heterocycles. The van der Waals surface area contributed by atoms with Crippen LogP contribution in [-0.4, -0.2) is 41.4 Å². The molecular weight excluding hydrogens is 410 g/mol. The number of nitrogens with one attached hydrogen (secondary N) is 1. The molecule has 0 aliphatic carbocycles. The van der Waals surface area contributed by atoms with E-state index in [1.165, 1.54) is 11.3 Å². The number of thiazole rings is 1. The van der Waals surface area contributed by atoms with E-state index in [-0.39, 0.29) is 12.5 Å². The predicted molar refractivity (Wildman–Crippen MR) is 117 cm³/mol. The van der Waals surface area contributed by atoms with Gasteiger partial charge in [-0.05, 0) is 35.6 Å². The summed E-state index contributed by atoms with van der Waals surface area (Å²) in [5.41, 5.74) is 1.64. The topological polar surface area (TPSA) is 93.3 Å². The van der Waals surface area contributed by atoms with E-state index in [1.807, 2.05) is 54.4 Å². The van der Waals surface area contributed by atoms with Crippen LogP contribution in [0.1, 0.15) is 4.88 Å². The number of aliphatic hydroxyl groups excluding tert-OH is 1. The Balaban J connectivity index is 1.62. The number of halogens is 1. The lowest BCUT2D eigenvalue weighted by Gasteiger charge is -2.11. The molecule has 3 N–H and O–H groups in total. The zero-order valence-electron chi connectivity index (χ0n) is 15.5. The number of hydrogen-bond donors (Lipinski definition) is 3. The van der Waals surface area contributed by atoms with Crippen molar-refractivity contribution in [3.05, 3.63) is 62.9 Å². The number of guanidine groups is 1. The second kappa shape index (κ2) is 8.20. The number of aliphatic imine (C=N–C) groups is 1. The summed E-state index contributed by atoms with van der Waals surface area (Å²) in [5, 5.41) is 25.2. The molecule has 4 rings (SSSR count). The second-order valence-corrected chi connectivity index (χ2v) is 7.72. The van der Waals surface area contributed by atoms with Crippen LogP contribution in [-0.2, 0) is 0 Å². The largest absolute Gasteiger partial charge is 0.492 e. The monoisotopic (exact) mass is 427 g/mol. The first kappa shape index (κ1) is 19.4. The number of aliphatic hydroxyl groups is 1. The number of fused-ring (bicyclic) bond motifs is 1. The number of benzene rings is 2. The fraction of sp³-hybridized carbons (Fsp3) is 0.150. The van der Waals surface area contributed by atoms with Gasteiger partial charge in [-0.1, -0.05) is 41.1 Å². The predicted octanol–water partition coefficient (Wildman–Crippen LogP) is 2.49. The number of aromatic nitrogens is 1. The highest BCUT2D eigenvalue weighted by molar-refractivity contribution is 7.16. The van der Waals surface area contributed by atoms with Gasteiger partial charge in [0.25, 0.3) is 0 Å². The normalized spacial score (nSPS) is 14.9. The fourth-order valence-electron chi connectivity index (χ4n) is 2.88. The van der Waals surface area contributed by atoms with E-state index in [0.29, 0.717) is 27.5 Å². The first-order chi connectivity index (χ1) is 14.0. The van der Waals surface area contributed by atoms with Gasteiger partial charge in [-0.25, -0.2) is 9.98 Å². The van der Waals surface area contributed by atoms with Crippen molar-refractivity contribution in [2.45, 2.75) is 0 Å². The van der Waals surface area contributed by atoms with E-state index in [1.54, 1.807) is 6.07 Å². The van der Waals surface area contributed by atoms with Gasteiger partial charge in [0.05, 0.1) is 39.8 Å². The van der Waals surface area contributed by atoms with Crippen molar-refractivity contribution in [3.63, 3.8) is 0 Å². The Morgan fingerprint density at radius 1 is 1.28 bits per heavy atom. The van der Waals surface area contributed by atoms with Crippen molar-refractivity contribution in [3.8, 4) is 5.88 Å². The first-order valence-electron chi connectivity index (χ1n) is 8.86. The molecule has 0 amide bonds. The van der Waals surface area contributed by atoms with E-state index in [0.717, 1.165) is 22.0 Å². The van der Waals surface area contributed by atoms with Crippen LogP contribution in [0.15, 0.2) is 52.4 Å². The zero-order valence-corrected chi connectivity index (χ0v) is 17.1.